The van der Waals surface area contributed by atoms with Gasteiger partial charge in [0.1, 0.15) is 0 Å². The zero-order chi connectivity index (χ0) is 7.97. The van der Waals surface area contributed by atoms with Crippen LogP contribution in [0.4, 0.5) is 0 Å². The predicted molar refractivity (Wildman–Crippen MR) is 46.9 cm³/mol. The van der Waals surface area contributed by atoms with Crippen molar-refractivity contribution in [2.75, 3.05) is 13.2 Å². The predicted octanol–water partition coefficient (Wildman–Crippen LogP) is 0.939. The smallest absolute Gasteiger partial charge is 0.0643 e. The molecule has 1 N–H and O–H groups in total. The molecule has 0 radical (unpaired) electrons. The minimum Gasteiger partial charge on any atom is -0.378 e. The van der Waals surface area contributed by atoms with E-state index in [1.165, 1.54) is 12.8 Å². The van der Waals surface area contributed by atoms with Crippen LogP contribution in [0.25, 0.3) is 0 Å². The van der Waals surface area contributed by atoms with E-state index in [0.717, 1.165) is 31.1 Å². The normalized spacial score (nSPS) is 45.2. The first kappa shape index (κ1) is 7.10. The highest BCUT2D eigenvalue weighted by atomic mass is 16.5. The second-order valence-corrected chi connectivity index (χ2v) is 4.24. The fourth-order valence-electron chi connectivity index (χ4n) is 2.54. The summed E-state index contributed by atoms with van der Waals surface area (Å²) in [5.74, 6) is 1.83. The Balaban J connectivity index is 1.54. The van der Waals surface area contributed by atoms with Crippen molar-refractivity contribution in [3.8, 4) is 0 Å². The molecule has 0 amide bonds. The van der Waals surface area contributed by atoms with E-state index in [1.54, 1.807) is 0 Å². The monoisotopic (exact) mass is 165 g/mol. The third kappa shape index (κ3) is 0.947. The highest BCUT2D eigenvalue weighted by Gasteiger charge is 2.42. The molecule has 0 aromatic heterocycles. The average molecular weight is 165 g/mol. The summed E-state index contributed by atoms with van der Waals surface area (Å²) in [6.45, 7) is 1.86. The molecule has 0 aromatic carbocycles. The first-order chi connectivity index (χ1) is 5.93. The molecule has 66 valence electrons. The molecular weight excluding hydrogens is 150 g/mol. The number of rotatable bonds is 2. The average Bonchev–Trinajstić information content (AvgIpc) is 2.29. The quantitative estimate of drug-likeness (QED) is 0.615. The summed E-state index contributed by atoms with van der Waals surface area (Å²) in [6, 6.07) is 1.42. The highest BCUT2D eigenvalue weighted by Crippen LogP contribution is 2.42. The van der Waals surface area contributed by atoms with Crippen LogP contribution in [0.15, 0.2) is 12.2 Å². The van der Waals surface area contributed by atoms with E-state index in [0.29, 0.717) is 6.04 Å². The lowest BCUT2D eigenvalue weighted by Gasteiger charge is -2.44. The van der Waals surface area contributed by atoms with Gasteiger partial charge in [-0.1, -0.05) is 12.2 Å². The lowest BCUT2D eigenvalue weighted by molar-refractivity contribution is -0.0235. The lowest BCUT2D eigenvalue weighted by Crippen LogP contribution is -2.57. The molecule has 0 spiro atoms. The summed E-state index contributed by atoms with van der Waals surface area (Å²) in [4.78, 5) is 0. The van der Waals surface area contributed by atoms with E-state index in [2.05, 4.69) is 17.5 Å². The van der Waals surface area contributed by atoms with Gasteiger partial charge >= 0.3 is 0 Å². The van der Waals surface area contributed by atoms with Gasteiger partial charge < -0.3 is 10.1 Å². The molecular formula is C10H15NO. The molecule has 2 fully saturated rings. The van der Waals surface area contributed by atoms with Crippen LogP contribution in [0.5, 0.6) is 0 Å². The Labute approximate surface area is 73.0 Å². The van der Waals surface area contributed by atoms with Crippen molar-refractivity contribution in [1.29, 1.82) is 0 Å². The molecule has 0 bridgehead atoms. The molecule has 1 saturated carbocycles. The number of ether oxygens (including phenoxy) is 1. The van der Waals surface area contributed by atoms with E-state index >= 15 is 0 Å². The Morgan fingerprint density at radius 2 is 2.25 bits per heavy atom. The molecule has 2 aliphatic carbocycles. The molecule has 0 aromatic rings. The Bertz CT molecular complexity index is 210. The fourth-order valence-corrected chi connectivity index (χ4v) is 2.54. The van der Waals surface area contributed by atoms with Gasteiger partial charge in [-0.15, -0.1) is 0 Å². The van der Waals surface area contributed by atoms with Gasteiger partial charge in [0.25, 0.3) is 0 Å². The van der Waals surface area contributed by atoms with Gasteiger partial charge in [0.2, 0.25) is 0 Å². The highest BCUT2D eigenvalue weighted by molar-refractivity contribution is 5.13. The molecule has 2 nitrogen and oxygen atoms in total. The van der Waals surface area contributed by atoms with Gasteiger partial charge in [-0.25, -0.2) is 0 Å². The Morgan fingerprint density at radius 1 is 1.33 bits per heavy atom. The minimum atomic E-state index is 0.657. The van der Waals surface area contributed by atoms with Crippen LogP contribution < -0.4 is 5.32 Å². The van der Waals surface area contributed by atoms with Crippen molar-refractivity contribution in [3.63, 3.8) is 0 Å². The maximum Gasteiger partial charge on any atom is 0.0643 e. The number of fused-ring (bicyclic) bond motifs is 1. The van der Waals surface area contributed by atoms with Crippen molar-refractivity contribution in [2.24, 2.45) is 11.8 Å². The lowest BCUT2D eigenvalue weighted by atomic mass is 9.71. The number of nitrogens with one attached hydrogen (secondary N) is 1. The Morgan fingerprint density at radius 3 is 2.92 bits per heavy atom. The number of hydrogen-bond acceptors (Lipinski definition) is 2. The minimum absolute atomic E-state index is 0.657. The van der Waals surface area contributed by atoms with Gasteiger partial charge in [-0.2, -0.15) is 0 Å². The van der Waals surface area contributed by atoms with Crippen molar-refractivity contribution in [1.82, 2.24) is 5.32 Å². The zero-order valence-electron chi connectivity index (χ0n) is 7.20. The van der Waals surface area contributed by atoms with Gasteiger partial charge in [0.05, 0.1) is 19.3 Å². The molecule has 3 atom stereocenters. The van der Waals surface area contributed by atoms with Crippen molar-refractivity contribution in [2.45, 2.75) is 24.9 Å². The van der Waals surface area contributed by atoms with Gasteiger partial charge in [0.15, 0.2) is 0 Å². The molecule has 3 aliphatic rings. The number of hydrogen-bond donors (Lipinski definition) is 1. The van der Waals surface area contributed by atoms with Crippen molar-refractivity contribution in [3.05, 3.63) is 12.2 Å². The fraction of sp³-hybridized carbons (Fsp3) is 0.800. The molecule has 3 rings (SSSR count). The van der Waals surface area contributed by atoms with Crippen LogP contribution in [0.2, 0.25) is 0 Å². The van der Waals surface area contributed by atoms with E-state index < -0.39 is 0 Å². The SMILES string of the molecule is C1=CC2C(C1)CC2NC1COC1. The van der Waals surface area contributed by atoms with E-state index in [-0.39, 0.29) is 0 Å². The molecule has 3 unspecified atom stereocenters. The third-order valence-electron chi connectivity index (χ3n) is 3.45. The van der Waals surface area contributed by atoms with Crippen LogP contribution in [0.1, 0.15) is 12.8 Å². The maximum absolute atomic E-state index is 5.14. The molecule has 1 heterocycles. The van der Waals surface area contributed by atoms with Crippen LogP contribution in [0, 0.1) is 11.8 Å². The summed E-state index contributed by atoms with van der Waals surface area (Å²) in [5.41, 5.74) is 0. The summed E-state index contributed by atoms with van der Waals surface area (Å²) in [7, 11) is 0. The second-order valence-electron chi connectivity index (χ2n) is 4.24. The Hall–Kier alpha value is -0.340. The van der Waals surface area contributed by atoms with Gasteiger partial charge in [-0.3, -0.25) is 0 Å². The molecule has 1 aliphatic heterocycles. The van der Waals surface area contributed by atoms with Crippen LogP contribution >= 0.6 is 0 Å². The summed E-state index contributed by atoms with van der Waals surface area (Å²) < 4.78 is 5.14. The van der Waals surface area contributed by atoms with Crippen molar-refractivity contribution < 1.29 is 4.74 Å². The number of allylic oxidation sites excluding steroid dienone is 1. The van der Waals surface area contributed by atoms with Crippen LogP contribution in [0.3, 0.4) is 0 Å². The van der Waals surface area contributed by atoms with Gasteiger partial charge in [0, 0.05) is 6.04 Å². The van der Waals surface area contributed by atoms with Crippen LogP contribution in [-0.4, -0.2) is 25.3 Å². The van der Waals surface area contributed by atoms with Gasteiger partial charge in [-0.05, 0) is 24.7 Å². The largest absolute Gasteiger partial charge is 0.378 e. The molecule has 1 saturated heterocycles. The summed E-state index contributed by atoms with van der Waals surface area (Å²) in [5, 5.41) is 3.65. The third-order valence-corrected chi connectivity index (χ3v) is 3.45. The standard InChI is InChI=1S/C10H15NO/c1-2-7-4-10(9(7)3-1)11-8-5-12-6-8/h1,3,7-11H,2,4-6H2. The first-order valence-corrected chi connectivity index (χ1v) is 4.94. The summed E-state index contributed by atoms with van der Waals surface area (Å²) >= 11 is 0. The zero-order valence-corrected chi connectivity index (χ0v) is 7.20. The van der Waals surface area contributed by atoms with E-state index in [4.69, 9.17) is 4.74 Å². The van der Waals surface area contributed by atoms with Crippen LogP contribution in [-0.2, 0) is 4.74 Å². The second kappa shape index (κ2) is 2.57. The maximum atomic E-state index is 5.14. The molecule has 12 heavy (non-hydrogen) atoms. The summed E-state index contributed by atoms with van der Waals surface area (Å²) in [6.07, 6.45) is 7.44. The van der Waals surface area contributed by atoms with Crippen molar-refractivity contribution >= 4 is 0 Å². The topological polar surface area (TPSA) is 21.3 Å². The first-order valence-electron chi connectivity index (χ1n) is 4.94. The molecule has 2 heteroatoms. The Kier molecular flexibility index (Phi) is 1.52. The van der Waals surface area contributed by atoms with E-state index in [1.807, 2.05) is 0 Å². The van der Waals surface area contributed by atoms with E-state index in [9.17, 15) is 0 Å².